The van der Waals surface area contributed by atoms with Gasteiger partial charge in [0.1, 0.15) is 0 Å². The molecule has 2 fully saturated rings. The smallest absolute Gasteiger partial charge is 0.292 e. The molecule has 1 aromatic heterocycles. The fourth-order valence-corrected chi connectivity index (χ4v) is 4.08. The maximum atomic E-state index is 12.3. The van der Waals surface area contributed by atoms with Crippen LogP contribution in [0, 0.1) is 0 Å². The molecule has 3 unspecified atom stereocenters. The lowest BCUT2D eigenvalue weighted by Crippen LogP contribution is -2.44. The van der Waals surface area contributed by atoms with Crippen LogP contribution in [0.2, 0.25) is 0 Å². The minimum atomic E-state index is -0.214. The van der Waals surface area contributed by atoms with E-state index in [1.807, 2.05) is 11.8 Å². The second-order valence-electron chi connectivity index (χ2n) is 5.74. The van der Waals surface area contributed by atoms with Crippen molar-refractivity contribution in [1.82, 2.24) is 20.8 Å². The lowest BCUT2D eigenvalue weighted by Gasteiger charge is -2.30. The lowest BCUT2D eigenvalue weighted by atomic mass is 9.95. The molecule has 1 saturated carbocycles. The van der Waals surface area contributed by atoms with Crippen LogP contribution in [0.5, 0.6) is 0 Å². The summed E-state index contributed by atoms with van der Waals surface area (Å²) in [5.74, 6) is 0.473. The van der Waals surface area contributed by atoms with Crippen LogP contribution in [0.25, 0.3) is 0 Å². The van der Waals surface area contributed by atoms with E-state index in [0.717, 1.165) is 32.2 Å². The Bertz CT molecular complexity index is 487. The fourth-order valence-electron chi connectivity index (χ4n) is 3.14. The molecule has 116 valence electrons. The summed E-state index contributed by atoms with van der Waals surface area (Å²) in [4.78, 5) is 16.5. The quantitative estimate of drug-likeness (QED) is 0.884. The van der Waals surface area contributed by atoms with Crippen molar-refractivity contribution < 1.29 is 9.32 Å². The van der Waals surface area contributed by atoms with Gasteiger partial charge in [-0.05, 0) is 38.5 Å². The van der Waals surface area contributed by atoms with Crippen LogP contribution in [0.4, 0.5) is 0 Å². The van der Waals surface area contributed by atoms with Crippen molar-refractivity contribution in [1.29, 1.82) is 0 Å². The summed E-state index contributed by atoms with van der Waals surface area (Å²) in [5, 5.41) is 10.7. The Kier molecular flexibility index (Phi) is 4.80. The van der Waals surface area contributed by atoms with Gasteiger partial charge in [0.15, 0.2) is 0 Å². The number of carbonyl (C=O) groups is 1. The molecule has 1 aliphatic carbocycles. The van der Waals surface area contributed by atoms with E-state index in [0.29, 0.717) is 11.1 Å². The Morgan fingerprint density at radius 2 is 2.19 bits per heavy atom. The third-order valence-electron chi connectivity index (χ3n) is 4.33. The topological polar surface area (TPSA) is 80.0 Å². The minimum absolute atomic E-state index is 0.104. The summed E-state index contributed by atoms with van der Waals surface area (Å²) in [7, 11) is 0. The molecule has 7 heteroatoms. The third-order valence-corrected chi connectivity index (χ3v) is 5.49. The number of nitrogens with zero attached hydrogens (tertiary/aromatic N) is 2. The van der Waals surface area contributed by atoms with Crippen molar-refractivity contribution in [2.75, 3.05) is 12.8 Å². The molecule has 2 N–H and O–H groups in total. The van der Waals surface area contributed by atoms with E-state index in [-0.39, 0.29) is 23.8 Å². The second kappa shape index (κ2) is 6.79. The summed E-state index contributed by atoms with van der Waals surface area (Å²) in [5.41, 5.74) is 0. The highest BCUT2D eigenvalue weighted by Crippen LogP contribution is 2.27. The van der Waals surface area contributed by atoms with Gasteiger partial charge in [0, 0.05) is 11.3 Å². The molecular formula is C14H22N4O2S. The molecule has 3 atom stereocenters. The van der Waals surface area contributed by atoms with Gasteiger partial charge in [0.2, 0.25) is 5.89 Å². The van der Waals surface area contributed by atoms with Gasteiger partial charge in [-0.15, -0.1) is 0 Å². The number of thioether (sulfide) groups is 1. The van der Waals surface area contributed by atoms with Crippen molar-refractivity contribution in [3.05, 3.63) is 11.7 Å². The number of rotatable bonds is 4. The van der Waals surface area contributed by atoms with E-state index in [1.165, 1.54) is 12.8 Å². The van der Waals surface area contributed by atoms with Gasteiger partial charge < -0.3 is 15.2 Å². The number of carbonyl (C=O) groups excluding carboxylic acids is 1. The molecule has 1 amide bonds. The van der Waals surface area contributed by atoms with Gasteiger partial charge in [-0.25, -0.2) is 0 Å². The molecule has 1 aliphatic heterocycles. The number of aromatic nitrogens is 2. The standard InChI is InChI=1S/C14H22N4O2S/c1-21-11-7-3-2-5-9(11)16-13(19)12-17-14(20-18-12)10-6-4-8-15-10/h9-11,15H,2-8H2,1H3,(H,16,19). The lowest BCUT2D eigenvalue weighted by molar-refractivity contribution is 0.0915. The second-order valence-corrected chi connectivity index (χ2v) is 6.82. The molecule has 21 heavy (non-hydrogen) atoms. The fraction of sp³-hybridized carbons (Fsp3) is 0.786. The van der Waals surface area contributed by atoms with E-state index in [4.69, 9.17) is 4.52 Å². The summed E-state index contributed by atoms with van der Waals surface area (Å²) < 4.78 is 5.22. The zero-order valence-electron chi connectivity index (χ0n) is 12.3. The largest absolute Gasteiger partial charge is 0.345 e. The summed E-state index contributed by atoms with van der Waals surface area (Å²) in [6, 6.07) is 0.320. The van der Waals surface area contributed by atoms with Gasteiger partial charge in [-0.2, -0.15) is 16.7 Å². The zero-order chi connectivity index (χ0) is 14.7. The normalized spacial score (nSPS) is 29.5. The van der Waals surface area contributed by atoms with Crippen LogP contribution in [-0.2, 0) is 0 Å². The van der Waals surface area contributed by atoms with Crippen molar-refractivity contribution in [2.24, 2.45) is 0 Å². The predicted molar refractivity (Wildman–Crippen MR) is 81.3 cm³/mol. The average molecular weight is 310 g/mol. The molecule has 0 radical (unpaired) electrons. The number of nitrogens with one attached hydrogen (secondary N) is 2. The van der Waals surface area contributed by atoms with E-state index < -0.39 is 0 Å². The Balaban J connectivity index is 1.62. The number of amides is 1. The average Bonchev–Trinajstić information content (AvgIpc) is 3.18. The van der Waals surface area contributed by atoms with Gasteiger partial charge in [-0.3, -0.25) is 4.79 Å². The SMILES string of the molecule is CSC1CCCCC1NC(=O)c1noc(C2CCCN2)n1. The van der Waals surface area contributed by atoms with Gasteiger partial charge in [0.25, 0.3) is 11.7 Å². The highest BCUT2D eigenvalue weighted by molar-refractivity contribution is 7.99. The first-order valence-electron chi connectivity index (χ1n) is 7.68. The molecule has 2 aliphatic rings. The Morgan fingerprint density at radius 1 is 1.33 bits per heavy atom. The Hall–Kier alpha value is -1.08. The molecule has 1 aromatic rings. The predicted octanol–water partition coefficient (Wildman–Crippen LogP) is 1.90. The molecule has 1 saturated heterocycles. The maximum absolute atomic E-state index is 12.3. The van der Waals surface area contributed by atoms with Gasteiger partial charge in [0.05, 0.1) is 6.04 Å². The Labute approximate surface area is 128 Å². The highest BCUT2D eigenvalue weighted by Gasteiger charge is 2.29. The van der Waals surface area contributed by atoms with E-state index in [9.17, 15) is 4.79 Å². The van der Waals surface area contributed by atoms with Crippen LogP contribution < -0.4 is 10.6 Å². The molecule has 3 rings (SSSR count). The van der Waals surface area contributed by atoms with Crippen molar-refractivity contribution >= 4 is 17.7 Å². The van der Waals surface area contributed by atoms with Gasteiger partial charge >= 0.3 is 0 Å². The Morgan fingerprint density at radius 3 is 2.95 bits per heavy atom. The van der Waals surface area contributed by atoms with E-state index in [2.05, 4.69) is 27.0 Å². The molecule has 6 nitrogen and oxygen atoms in total. The third kappa shape index (κ3) is 3.40. The van der Waals surface area contributed by atoms with Crippen molar-refractivity contribution in [3.8, 4) is 0 Å². The van der Waals surface area contributed by atoms with Crippen molar-refractivity contribution in [3.63, 3.8) is 0 Å². The zero-order valence-corrected chi connectivity index (χ0v) is 13.1. The van der Waals surface area contributed by atoms with E-state index in [1.54, 1.807) is 0 Å². The first kappa shape index (κ1) is 14.8. The summed E-state index contributed by atoms with van der Waals surface area (Å²) >= 11 is 1.83. The molecular weight excluding hydrogens is 288 g/mol. The minimum Gasteiger partial charge on any atom is -0.345 e. The first-order chi connectivity index (χ1) is 10.3. The van der Waals surface area contributed by atoms with Crippen LogP contribution in [0.1, 0.15) is 61.1 Å². The first-order valence-corrected chi connectivity index (χ1v) is 8.97. The summed E-state index contributed by atoms with van der Waals surface area (Å²) in [6.07, 6.45) is 8.81. The van der Waals surface area contributed by atoms with E-state index >= 15 is 0 Å². The van der Waals surface area contributed by atoms with Crippen LogP contribution >= 0.6 is 11.8 Å². The molecule has 0 spiro atoms. The number of hydrogen-bond acceptors (Lipinski definition) is 6. The molecule has 0 aromatic carbocycles. The van der Waals surface area contributed by atoms with Crippen LogP contribution in [-0.4, -0.2) is 40.1 Å². The van der Waals surface area contributed by atoms with Crippen LogP contribution in [0.15, 0.2) is 4.52 Å². The maximum Gasteiger partial charge on any atom is 0.292 e. The monoisotopic (exact) mass is 310 g/mol. The molecule has 0 bridgehead atoms. The van der Waals surface area contributed by atoms with Crippen LogP contribution in [0.3, 0.4) is 0 Å². The summed E-state index contributed by atoms with van der Waals surface area (Å²) in [6.45, 7) is 0.964. The number of hydrogen-bond donors (Lipinski definition) is 2. The highest BCUT2D eigenvalue weighted by atomic mass is 32.2. The van der Waals surface area contributed by atoms with Crippen molar-refractivity contribution in [2.45, 2.75) is 55.9 Å². The van der Waals surface area contributed by atoms with Gasteiger partial charge in [-0.1, -0.05) is 18.0 Å². The molecule has 2 heterocycles.